The molecular formula is C15H20N4OS. The Morgan fingerprint density at radius 2 is 2.00 bits per heavy atom. The minimum Gasteiger partial charge on any atom is -0.325 e. The standard InChI is InChI=1S/C15H20N4OS/c1-4-11-6-8-12(9-7-11)16-14(20)10(3)21-15-17-13(5-2)18-19-15/h6-10H,4-5H2,1-3H3,(H,16,20)(H,17,18,19). The maximum atomic E-state index is 12.1. The van der Waals surface area contributed by atoms with Gasteiger partial charge < -0.3 is 5.32 Å². The van der Waals surface area contributed by atoms with E-state index in [1.165, 1.54) is 17.3 Å². The van der Waals surface area contributed by atoms with Crippen LogP contribution < -0.4 is 5.32 Å². The molecule has 2 rings (SSSR count). The SMILES string of the molecule is CCc1ccc(NC(=O)C(C)Sc2n[nH]c(CC)n2)cc1. The minimum absolute atomic E-state index is 0.0490. The van der Waals surface area contributed by atoms with Crippen LogP contribution >= 0.6 is 11.8 Å². The van der Waals surface area contributed by atoms with Crippen molar-refractivity contribution in [3.63, 3.8) is 0 Å². The number of aromatic nitrogens is 3. The second-order valence-corrected chi connectivity index (χ2v) is 6.03. The molecule has 5 nitrogen and oxygen atoms in total. The summed E-state index contributed by atoms with van der Waals surface area (Å²) in [7, 11) is 0. The number of H-pyrrole nitrogens is 1. The number of carbonyl (C=O) groups is 1. The second-order valence-electron chi connectivity index (χ2n) is 4.72. The highest BCUT2D eigenvalue weighted by Gasteiger charge is 2.17. The molecule has 0 aliphatic carbocycles. The van der Waals surface area contributed by atoms with Gasteiger partial charge in [-0.1, -0.05) is 37.7 Å². The number of thioether (sulfide) groups is 1. The Hall–Kier alpha value is -1.82. The van der Waals surface area contributed by atoms with Crippen molar-refractivity contribution in [2.75, 3.05) is 5.32 Å². The van der Waals surface area contributed by atoms with Crippen molar-refractivity contribution < 1.29 is 4.79 Å². The molecule has 0 aliphatic heterocycles. The van der Waals surface area contributed by atoms with Crippen LogP contribution in [0.1, 0.15) is 32.2 Å². The van der Waals surface area contributed by atoms with Gasteiger partial charge in [0.2, 0.25) is 11.1 Å². The third-order valence-corrected chi connectivity index (χ3v) is 4.09. The van der Waals surface area contributed by atoms with E-state index >= 15 is 0 Å². The van der Waals surface area contributed by atoms with Crippen molar-refractivity contribution in [1.82, 2.24) is 15.2 Å². The summed E-state index contributed by atoms with van der Waals surface area (Å²) in [4.78, 5) is 16.4. The zero-order valence-corrected chi connectivity index (χ0v) is 13.3. The number of hydrogen-bond donors (Lipinski definition) is 2. The largest absolute Gasteiger partial charge is 0.325 e. The summed E-state index contributed by atoms with van der Waals surface area (Å²) in [6, 6.07) is 7.90. The van der Waals surface area contributed by atoms with E-state index in [0.717, 1.165) is 24.4 Å². The average Bonchev–Trinajstić information content (AvgIpc) is 2.95. The van der Waals surface area contributed by atoms with E-state index < -0.39 is 0 Å². The summed E-state index contributed by atoms with van der Waals surface area (Å²) >= 11 is 1.35. The molecule has 0 radical (unpaired) electrons. The van der Waals surface area contributed by atoms with Crippen LogP contribution in [-0.2, 0) is 17.6 Å². The number of hydrogen-bond acceptors (Lipinski definition) is 4. The lowest BCUT2D eigenvalue weighted by Crippen LogP contribution is -2.22. The molecule has 21 heavy (non-hydrogen) atoms. The second kappa shape index (κ2) is 7.26. The molecule has 0 aliphatic rings. The molecule has 0 fully saturated rings. The van der Waals surface area contributed by atoms with E-state index in [1.54, 1.807) is 0 Å². The summed E-state index contributed by atoms with van der Waals surface area (Å²) in [5.41, 5.74) is 2.07. The normalized spacial score (nSPS) is 12.1. The van der Waals surface area contributed by atoms with Crippen molar-refractivity contribution in [2.45, 2.75) is 44.0 Å². The first-order valence-electron chi connectivity index (χ1n) is 7.10. The number of rotatable bonds is 6. The third-order valence-electron chi connectivity index (χ3n) is 3.13. The van der Waals surface area contributed by atoms with Gasteiger partial charge in [-0.25, -0.2) is 4.98 Å². The number of anilines is 1. The summed E-state index contributed by atoms with van der Waals surface area (Å²) < 4.78 is 0. The highest BCUT2D eigenvalue weighted by atomic mass is 32.2. The molecule has 1 atom stereocenters. The van der Waals surface area contributed by atoms with Crippen LogP contribution in [-0.4, -0.2) is 26.3 Å². The summed E-state index contributed by atoms with van der Waals surface area (Å²) in [5.74, 6) is 0.785. The lowest BCUT2D eigenvalue weighted by Gasteiger charge is -2.10. The highest BCUT2D eigenvalue weighted by molar-refractivity contribution is 8.00. The minimum atomic E-state index is -0.253. The molecule has 2 N–H and O–H groups in total. The third kappa shape index (κ3) is 4.32. The first-order chi connectivity index (χ1) is 10.1. The molecular weight excluding hydrogens is 284 g/mol. The number of aryl methyl sites for hydroxylation is 2. The van der Waals surface area contributed by atoms with Gasteiger partial charge in [-0.05, 0) is 31.0 Å². The molecule has 1 unspecified atom stereocenters. The van der Waals surface area contributed by atoms with Crippen molar-refractivity contribution in [3.8, 4) is 0 Å². The fourth-order valence-electron chi connectivity index (χ4n) is 1.77. The zero-order chi connectivity index (χ0) is 15.2. The summed E-state index contributed by atoms with van der Waals surface area (Å²) in [5, 5.41) is 10.2. The first kappa shape index (κ1) is 15.6. The van der Waals surface area contributed by atoms with E-state index in [1.807, 2.05) is 38.1 Å². The number of nitrogens with one attached hydrogen (secondary N) is 2. The molecule has 1 heterocycles. The predicted octanol–water partition coefficient (Wildman–Crippen LogP) is 3.05. The van der Waals surface area contributed by atoms with E-state index in [-0.39, 0.29) is 11.2 Å². The molecule has 0 bridgehead atoms. The molecule has 0 saturated carbocycles. The Morgan fingerprint density at radius 1 is 1.29 bits per heavy atom. The van der Waals surface area contributed by atoms with Crippen LogP contribution in [0.5, 0.6) is 0 Å². The van der Waals surface area contributed by atoms with Crippen LogP contribution in [0.25, 0.3) is 0 Å². The molecule has 6 heteroatoms. The van der Waals surface area contributed by atoms with Gasteiger partial charge in [0, 0.05) is 12.1 Å². The maximum absolute atomic E-state index is 12.1. The van der Waals surface area contributed by atoms with E-state index in [4.69, 9.17) is 0 Å². The van der Waals surface area contributed by atoms with Crippen LogP contribution in [0, 0.1) is 0 Å². The molecule has 1 aromatic heterocycles. The fourth-order valence-corrected chi connectivity index (χ4v) is 2.51. The molecule has 0 saturated heterocycles. The van der Waals surface area contributed by atoms with E-state index in [2.05, 4.69) is 27.4 Å². The topological polar surface area (TPSA) is 70.7 Å². The van der Waals surface area contributed by atoms with E-state index in [9.17, 15) is 4.79 Å². The maximum Gasteiger partial charge on any atom is 0.237 e. The van der Waals surface area contributed by atoms with Gasteiger partial charge >= 0.3 is 0 Å². The van der Waals surface area contributed by atoms with Crippen molar-refractivity contribution >= 4 is 23.4 Å². The molecule has 2 aromatic rings. The molecule has 1 aromatic carbocycles. The van der Waals surface area contributed by atoms with Gasteiger partial charge in [0.15, 0.2) is 0 Å². The Balaban J connectivity index is 1.92. The number of amides is 1. The monoisotopic (exact) mass is 304 g/mol. The van der Waals surface area contributed by atoms with Gasteiger partial charge in [0.05, 0.1) is 5.25 Å². The van der Waals surface area contributed by atoms with Crippen LogP contribution in [0.2, 0.25) is 0 Å². The smallest absolute Gasteiger partial charge is 0.237 e. The quantitative estimate of drug-likeness (QED) is 0.805. The Kier molecular flexibility index (Phi) is 5.38. The van der Waals surface area contributed by atoms with Gasteiger partial charge in [-0.3, -0.25) is 9.89 Å². The van der Waals surface area contributed by atoms with E-state index in [0.29, 0.717) is 5.16 Å². The van der Waals surface area contributed by atoms with Gasteiger partial charge in [0.25, 0.3) is 0 Å². The molecule has 112 valence electrons. The first-order valence-corrected chi connectivity index (χ1v) is 7.98. The zero-order valence-electron chi connectivity index (χ0n) is 12.5. The fraction of sp³-hybridized carbons (Fsp3) is 0.400. The molecule has 1 amide bonds. The number of carbonyl (C=O) groups excluding carboxylic acids is 1. The van der Waals surface area contributed by atoms with Gasteiger partial charge in [-0.15, -0.1) is 5.10 Å². The van der Waals surface area contributed by atoms with Crippen molar-refractivity contribution in [2.24, 2.45) is 0 Å². The number of nitrogens with zero attached hydrogens (tertiary/aromatic N) is 2. The molecule has 0 spiro atoms. The number of aromatic amines is 1. The lowest BCUT2D eigenvalue weighted by molar-refractivity contribution is -0.115. The Morgan fingerprint density at radius 3 is 2.57 bits per heavy atom. The van der Waals surface area contributed by atoms with Gasteiger partial charge in [-0.2, -0.15) is 0 Å². The predicted molar refractivity (Wildman–Crippen MR) is 85.5 cm³/mol. The average molecular weight is 304 g/mol. The van der Waals surface area contributed by atoms with Gasteiger partial charge in [0.1, 0.15) is 5.82 Å². The Bertz CT molecular complexity index is 594. The van der Waals surface area contributed by atoms with Crippen LogP contribution in [0.15, 0.2) is 29.4 Å². The summed E-state index contributed by atoms with van der Waals surface area (Å²) in [6.45, 7) is 5.96. The highest BCUT2D eigenvalue weighted by Crippen LogP contribution is 2.21. The number of benzene rings is 1. The van der Waals surface area contributed by atoms with Crippen molar-refractivity contribution in [3.05, 3.63) is 35.7 Å². The van der Waals surface area contributed by atoms with Crippen LogP contribution in [0.4, 0.5) is 5.69 Å². The van der Waals surface area contributed by atoms with Crippen LogP contribution in [0.3, 0.4) is 0 Å². The van der Waals surface area contributed by atoms with Crippen molar-refractivity contribution in [1.29, 1.82) is 0 Å². The Labute approximate surface area is 128 Å². The summed E-state index contributed by atoms with van der Waals surface area (Å²) in [6.07, 6.45) is 1.79. The lowest BCUT2D eigenvalue weighted by atomic mass is 10.1.